The number of carbonyl (C=O) groups excluding carboxylic acids is 1. The van der Waals surface area contributed by atoms with Crippen molar-refractivity contribution < 1.29 is 13.2 Å². The van der Waals surface area contributed by atoms with Crippen molar-refractivity contribution in [2.75, 3.05) is 24.7 Å². The summed E-state index contributed by atoms with van der Waals surface area (Å²) in [5.74, 6) is -0.179. The highest BCUT2D eigenvalue weighted by molar-refractivity contribution is 7.88. The fourth-order valence-corrected chi connectivity index (χ4v) is 2.63. The summed E-state index contributed by atoms with van der Waals surface area (Å²) >= 11 is 0. The minimum absolute atomic E-state index is 0.158. The van der Waals surface area contributed by atoms with Gasteiger partial charge in [-0.3, -0.25) is 4.79 Å². The number of hydrogen-bond acceptors (Lipinski definition) is 3. The number of benzene rings is 1. The lowest BCUT2D eigenvalue weighted by atomic mass is 10.3. The number of hydrogen-bond donors (Lipinski definition) is 1. The lowest BCUT2D eigenvalue weighted by Gasteiger charge is -2.19. The summed E-state index contributed by atoms with van der Waals surface area (Å²) in [7, 11) is -3.25. The predicted octanol–water partition coefficient (Wildman–Crippen LogP) is 2.08. The molecule has 1 aromatic carbocycles. The topological polar surface area (TPSA) is 66.5 Å². The second kappa shape index (κ2) is 8.01. The van der Waals surface area contributed by atoms with Crippen molar-refractivity contribution in [1.29, 1.82) is 0 Å². The summed E-state index contributed by atoms with van der Waals surface area (Å²) < 4.78 is 24.6. The van der Waals surface area contributed by atoms with Crippen molar-refractivity contribution in [2.45, 2.75) is 26.2 Å². The lowest BCUT2D eigenvalue weighted by molar-refractivity contribution is -0.116. The van der Waals surface area contributed by atoms with Crippen LogP contribution in [0.2, 0.25) is 0 Å². The van der Waals surface area contributed by atoms with E-state index in [0.717, 1.165) is 18.5 Å². The first-order valence-electron chi connectivity index (χ1n) is 6.73. The first kappa shape index (κ1) is 16.7. The second-order valence-corrected chi connectivity index (χ2v) is 6.66. The summed E-state index contributed by atoms with van der Waals surface area (Å²) in [5, 5.41) is 2.74. The van der Waals surface area contributed by atoms with Crippen molar-refractivity contribution in [2.24, 2.45) is 0 Å². The van der Waals surface area contributed by atoms with Gasteiger partial charge in [-0.25, -0.2) is 12.7 Å². The average Bonchev–Trinajstić information content (AvgIpc) is 2.38. The maximum Gasteiger partial charge on any atom is 0.225 e. The van der Waals surface area contributed by atoms with Crippen LogP contribution in [0, 0.1) is 0 Å². The molecule has 20 heavy (non-hydrogen) atoms. The molecule has 1 amide bonds. The summed E-state index contributed by atoms with van der Waals surface area (Å²) in [6.45, 7) is 2.69. The fraction of sp³-hybridized carbons (Fsp3) is 0.500. The van der Waals surface area contributed by atoms with Gasteiger partial charge in [-0.15, -0.1) is 0 Å². The van der Waals surface area contributed by atoms with E-state index >= 15 is 0 Å². The van der Waals surface area contributed by atoms with Crippen LogP contribution in [0.3, 0.4) is 0 Å². The van der Waals surface area contributed by atoms with E-state index in [1.165, 1.54) is 10.6 Å². The molecule has 0 aromatic heterocycles. The number of carbonyl (C=O) groups is 1. The Kier molecular flexibility index (Phi) is 6.67. The van der Waals surface area contributed by atoms with Gasteiger partial charge < -0.3 is 5.32 Å². The van der Waals surface area contributed by atoms with Crippen LogP contribution in [0.4, 0.5) is 5.69 Å². The third kappa shape index (κ3) is 6.16. The highest BCUT2D eigenvalue weighted by Gasteiger charge is 2.17. The van der Waals surface area contributed by atoms with Gasteiger partial charge in [-0.1, -0.05) is 31.5 Å². The van der Waals surface area contributed by atoms with E-state index in [4.69, 9.17) is 0 Å². The molecule has 0 spiro atoms. The number of unbranched alkanes of at least 4 members (excludes halogenated alkanes) is 1. The Labute approximate surface area is 121 Å². The first-order valence-corrected chi connectivity index (χ1v) is 8.58. The van der Waals surface area contributed by atoms with E-state index in [1.54, 1.807) is 12.1 Å². The maximum absolute atomic E-state index is 11.8. The molecule has 0 bridgehead atoms. The van der Waals surface area contributed by atoms with Crippen LogP contribution in [-0.2, 0) is 14.8 Å². The second-order valence-electron chi connectivity index (χ2n) is 4.68. The zero-order chi connectivity index (χ0) is 15.0. The van der Waals surface area contributed by atoms with Gasteiger partial charge in [-0.05, 0) is 18.6 Å². The summed E-state index contributed by atoms with van der Waals surface area (Å²) in [4.78, 5) is 11.8. The number of anilines is 1. The Morgan fingerprint density at radius 1 is 1.20 bits per heavy atom. The molecule has 5 nitrogen and oxygen atoms in total. The molecule has 0 radical (unpaired) electrons. The van der Waals surface area contributed by atoms with E-state index in [0.29, 0.717) is 6.54 Å². The van der Waals surface area contributed by atoms with Gasteiger partial charge in [0.2, 0.25) is 15.9 Å². The van der Waals surface area contributed by atoms with Crippen molar-refractivity contribution in [3.63, 3.8) is 0 Å². The smallest absolute Gasteiger partial charge is 0.225 e. The maximum atomic E-state index is 11.8. The molecule has 0 aliphatic carbocycles. The van der Waals surface area contributed by atoms with Gasteiger partial charge in [0.05, 0.1) is 6.26 Å². The fourth-order valence-electron chi connectivity index (χ4n) is 1.75. The Hall–Kier alpha value is -1.40. The van der Waals surface area contributed by atoms with Crippen molar-refractivity contribution in [3.8, 4) is 0 Å². The molecule has 6 heteroatoms. The predicted molar refractivity (Wildman–Crippen MR) is 81.0 cm³/mol. The van der Waals surface area contributed by atoms with E-state index < -0.39 is 10.0 Å². The van der Waals surface area contributed by atoms with Crippen LogP contribution in [0.5, 0.6) is 0 Å². The Bertz CT molecular complexity index is 514. The van der Waals surface area contributed by atoms with Gasteiger partial charge >= 0.3 is 0 Å². The zero-order valence-corrected chi connectivity index (χ0v) is 12.8. The summed E-state index contributed by atoms with van der Waals surface area (Å²) in [6, 6.07) is 9.12. The Morgan fingerprint density at radius 2 is 1.85 bits per heavy atom. The molecular formula is C14H22N2O3S. The summed E-state index contributed by atoms with van der Waals surface area (Å²) in [5.41, 5.74) is 0.719. The SMILES string of the molecule is CCCCN(CCC(=O)Nc1ccccc1)S(C)(=O)=O. The molecule has 0 heterocycles. The highest BCUT2D eigenvalue weighted by Crippen LogP contribution is 2.07. The van der Waals surface area contributed by atoms with Crippen LogP contribution in [0.25, 0.3) is 0 Å². The highest BCUT2D eigenvalue weighted by atomic mass is 32.2. The molecule has 1 N–H and O–H groups in total. The van der Waals surface area contributed by atoms with Gasteiger partial charge in [0.25, 0.3) is 0 Å². The standard InChI is InChI=1S/C14H22N2O3S/c1-3-4-11-16(20(2,18)19)12-10-14(17)15-13-8-6-5-7-9-13/h5-9H,3-4,10-12H2,1-2H3,(H,15,17). The Morgan fingerprint density at radius 3 is 2.40 bits per heavy atom. The van der Waals surface area contributed by atoms with Crippen LogP contribution in [0.15, 0.2) is 30.3 Å². The summed E-state index contributed by atoms with van der Waals surface area (Å²) in [6.07, 6.45) is 3.05. The molecule has 0 aliphatic rings. The van der Waals surface area contributed by atoms with Crippen molar-refractivity contribution in [3.05, 3.63) is 30.3 Å². The van der Waals surface area contributed by atoms with Gasteiger partial charge in [0.15, 0.2) is 0 Å². The number of para-hydroxylation sites is 1. The molecule has 0 saturated heterocycles. The largest absolute Gasteiger partial charge is 0.326 e. The monoisotopic (exact) mass is 298 g/mol. The van der Waals surface area contributed by atoms with E-state index in [9.17, 15) is 13.2 Å². The van der Waals surface area contributed by atoms with E-state index in [1.807, 2.05) is 25.1 Å². The molecule has 0 saturated carbocycles. The van der Waals surface area contributed by atoms with Crippen LogP contribution < -0.4 is 5.32 Å². The van der Waals surface area contributed by atoms with Crippen molar-refractivity contribution in [1.82, 2.24) is 4.31 Å². The molecule has 0 aliphatic heterocycles. The molecule has 0 unspecified atom stereocenters. The number of amides is 1. The first-order chi connectivity index (χ1) is 9.43. The van der Waals surface area contributed by atoms with Gasteiger partial charge in [0, 0.05) is 25.2 Å². The third-order valence-electron chi connectivity index (χ3n) is 2.88. The number of nitrogens with zero attached hydrogens (tertiary/aromatic N) is 1. The van der Waals surface area contributed by atoms with E-state index in [-0.39, 0.29) is 18.9 Å². The quantitative estimate of drug-likeness (QED) is 0.799. The molecule has 112 valence electrons. The normalized spacial score (nSPS) is 11.6. The molecule has 1 rings (SSSR count). The van der Waals surface area contributed by atoms with Crippen molar-refractivity contribution >= 4 is 21.6 Å². The van der Waals surface area contributed by atoms with Crippen LogP contribution in [0.1, 0.15) is 26.2 Å². The van der Waals surface area contributed by atoms with Gasteiger partial charge in [-0.2, -0.15) is 0 Å². The molecule has 0 fully saturated rings. The minimum atomic E-state index is -3.25. The molecule has 0 atom stereocenters. The number of nitrogens with one attached hydrogen (secondary N) is 1. The average molecular weight is 298 g/mol. The number of sulfonamides is 1. The van der Waals surface area contributed by atoms with Crippen LogP contribution >= 0.6 is 0 Å². The minimum Gasteiger partial charge on any atom is -0.326 e. The zero-order valence-electron chi connectivity index (χ0n) is 12.0. The lowest BCUT2D eigenvalue weighted by Crippen LogP contribution is -2.33. The molecular weight excluding hydrogens is 276 g/mol. The third-order valence-corrected chi connectivity index (χ3v) is 4.18. The molecule has 1 aromatic rings. The van der Waals surface area contributed by atoms with Gasteiger partial charge in [0.1, 0.15) is 0 Å². The van der Waals surface area contributed by atoms with Crippen LogP contribution in [-0.4, -0.2) is 38.0 Å². The van der Waals surface area contributed by atoms with E-state index in [2.05, 4.69) is 5.32 Å². The number of rotatable bonds is 8. The Balaban J connectivity index is 2.48.